The van der Waals surface area contributed by atoms with E-state index in [1.54, 1.807) is 0 Å². The van der Waals surface area contributed by atoms with Crippen LogP contribution in [-0.4, -0.2) is 0 Å². The minimum Gasteiger partial charge on any atom is -0.0617 e. The molecule has 0 aliphatic carbocycles. The maximum atomic E-state index is 2.14. The van der Waals surface area contributed by atoms with Crippen molar-refractivity contribution in [3.63, 3.8) is 0 Å². The Morgan fingerprint density at radius 2 is 0.571 bits per heavy atom. The van der Waals surface area contributed by atoms with Gasteiger partial charge in [0.25, 0.3) is 0 Å². The van der Waals surface area contributed by atoms with E-state index in [0.29, 0.717) is 0 Å². The molecule has 0 saturated heterocycles. The zero-order valence-corrected chi connectivity index (χ0v) is 16.5. The third kappa shape index (κ3) is 6.41. The molecule has 0 saturated carbocycles. The van der Waals surface area contributed by atoms with Crippen LogP contribution in [0.2, 0.25) is 0 Å². The van der Waals surface area contributed by atoms with Crippen LogP contribution in [0.25, 0.3) is 24.3 Å². The average molecular weight is 363 g/mol. The van der Waals surface area contributed by atoms with Gasteiger partial charge in [-0.15, -0.1) is 0 Å². The SMILES string of the molecule is Cc1ccc(C=CC=Cc2ccc(C=CC=Cc3ccc(C)cc3)cc2)cc1. The second-order valence-corrected chi connectivity index (χ2v) is 6.92. The standard InChI is InChI=1S/C28H26/c1-23-11-15-25(16-12-23)7-3-5-9-27-19-21-28(22-20-27)10-6-4-8-26-17-13-24(2)14-18-26/h3-22H,1-2H3. The molecular weight excluding hydrogens is 336 g/mol. The van der Waals surface area contributed by atoms with E-state index in [9.17, 15) is 0 Å². The monoisotopic (exact) mass is 362 g/mol. The Bertz CT molecular complexity index is 893. The number of benzene rings is 3. The van der Waals surface area contributed by atoms with E-state index in [4.69, 9.17) is 0 Å². The molecule has 138 valence electrons. The van der Waals surface area contributed by atoms with Gasteiger partial charge in [0.15, 0.2) is 0 Å². The highest BCUT2D eigenvalue weighted by Crippen LogP contribution is 2.10. The van der Waals surface area contributed by atoms with Crippen molar-refractivity contribution >= 4 is 24.3 Å². The molecule has 0 unspecified atom stereocenters. The normalized spacial score (nSPS) is 12.1. The molecule has 0 N–H and O–H groups in total. The van der Waals surface area contributed by atoms with Gasteiger partial charge in [-0.05, 0) is 36.1 Å². The van der Waals surface area contributed by atoms with E-state index in [1.807, 2.05) is 0 Å². The first-order valence-electron chi connectivity index (χ1n) is 9.62. The molecule has 0 amide bonds. The zero-order valence-electron chi connectivity index (χ0n) is 16.5. The van der Waals surface area contributed by atoms with E-state index >= 15 is 0 Å². The molecule has 0 aliphatic heterocycles. The molecule has 0 atom stereocenters. The molecule has 0 heterocycles. The second-order valence-electron chi connectivity index (χ2n) is 6.92. The lowest BCUT2D eigenvalue weighted by molar-refractivity contribution is 1.46. The smallest absolute Gasteiger partial charge is 0.0256 e. The van der Waals surface area contributed by atoms with Crippen molar-refractivity contribution in [1.29, 1.82) is 0 Å². The van der Waals surface area contributed by atoms with Crippen LogP contribution in [0, 0.1) is 13.8 Å². The second kappa shape index (κ2) is 10.1. The number of hydrogen-bond donors (Lipinski definition) is 0. The molecule has 3 aromatic carbocycles. The summed E-state index contributed by atoms with van der Waals surface area (Å²) < 4.78 is 0. The third-order valence-corrected chi connectivity index (χ3v) is 4.47. The predicted molar refractivity (Wildman–Crippen MR) is 125 cm³/mol. The van der Waals surface area contributed by atoms with E-state index in [-0.39, 0.29) is 0 Å². The van der Waals surface area contributed by atoms with Gasteiger partial charge in [0.2, 0.25) is 0 Å². The molecular formula is C28H26. The predicted octanol–water partition coefficient (Wildman–Crippen LogP) is 7.76. The van der Waals surface area contributed by atoms with Crippen molar-refractivity contribution in [3.05, 3.63) is 130 Å². The van der Waals surface area contributed by atoms with Gasteiger partial charge in [0.05, 0.1) is 0 Å². The Labute approximate surface area is 168 Å². The van der Waals surface area contributed by atoms with Crippen molar-refractivity contribution < 1.29 is 0 Å². The molecule has 0 spiro atoms. The highest BCUT2D eigenvalue weighted by atomic mass is 13.9. The summed E-state index contributed by atoms with van der Waals surface area (Å²) in [5.41, 5.74) is 7.39. The van der Waals surface area contributed by atoms with Gasteiger partial charge in [-0.1, -0.05) is 133 Å². The molecule has 0 aromatic heterocycles. The summed E-state index contributed by atoms with van der Waals surface area (Å²) in [5, 5.41) is 0. The van der Waals surface area contributed by atoms with Crippen LogP contribution in [-0.2, 0) is 0 Å². The van der Waals surface area contributed by atoms with Crippen LogP contribution < -0.4 is 0 Å². The van der Waals surface area contributed by atoms with Crippen molar-refractivity contribution in [2.45, 2.75) is 13.8 Å². The lowest BCUT2D eigenvalue weighted by Gasteiger charge is -1.96. The summed E-state index contributed by atoms with van der Waals surface area (Å²) in [6, 6.07) is 25.6. The Kier molecular flexibility index (Phi) is 6.98. The van der Waals surface area contributed by atoms with Crippen molar-refractivity contribution in [2.75, 3.05) is 0 Å². The van der Waals surface area contributed by atoms with Gasteiger partial charge in [0.1, 0.15) is 0 Å². The molecule has 0 aliphatic rings. The first-order chi connectivity index (χ1) is 13.7. The summed E-state index contributed by atoms with van der Waals surface area (Å²) in [6.07, 6.45) is 16.8. The number of aryl methyl sites for hydroxylation is 2. The third-order valence-electron chi connectivity index (χ3n) is 4.47. The van der Waals surface area contributed by atoms with E-state index in [0.717, 1.165) is 0 Å². The lowest BCUT2D eigenvalue weighted by Crippen LogP contribution is -1.74. The molecule has 3 rings (SSSR count). The number of rotatable bonds is 6. The first-order valence-corrected chi connectivity index (χ1v) is 9.62. The zero-order chi connectivity index (χ0) is 19.6. The van der Waals surface area contributed by atoms with E-state index in [1.165, 1.54) is 33.4 Å². The Morgan fingerprint density at radius 3 is 0.821 bits per heavy atom. The van der Waals surface area contributed by atoms with Gasteiger partial charge in [-0.3, -0.25) is 0 Å². The van der Waals surface area contributed by atoms with E-state index < -0.39 is 0 Å². The van der Waals surface area contributed by atoms with Gasteiger partial charge < -0.3 is 0 Å². The Balaban J connectivity index is 1.52. The first kappa shape index (κ1) is 19.4. The highest BCUT2D eigenvalue weighted by Gasteiger charge is 1.89. The number of allylic oxidation sites excluding steroid dienone is 4. The lowest BCUT2D eigenvalue weighted by atomic mass is 10.1. The fraction of sp³-hybridized carbons (Fsp3) is 0.0714. The molecule has 0 fully saturated rings. The minimum absolute atomic E-state index is 1.20. The fourth-order valence-electron chi connectivity index (χ4n) is 2.74. The Morgan fingerprint density at radius 1 is 0.357 bits per heavy atom. The van der Waals surface area contributed by atoms with Gasteiger partial charge in [-0.25, -0.2) is 0 Å². The summed E-state index contributed by atoms with van der Waals surface area (Å²) in [5.74, 6) is 0. The quantitative estimate of drug-likeness (QED) is 0.393. The number of hydrogen-bond acceptors (Lipinski definition) is 0. The highest BCUT2D eigenvalue weighted by molar-refractivity contribution is 5.61. The van der Waals surface area contributed by atoms with Crippen LogP contribution in [0.5, 0.6) is 0 Å². The van der Waals surface area contributed by atoms with Gasteiger partial charge >= 0.3 is 0 Å². The summed E-state index contributed by atoms with van der Waals surface area (Å²) >= 11 is 0. The average Bonchev–Trinajstić information content (AvgIpc) is 2.72. The maximum Gasteiger partial charge on any atom is -0.0256 e. The fourth-order valence-corrected chi connectivity index (χ4v) is 2.74. The molecule has 3 aromatic rings. The van der Waals surface area contributed by atoms with E-state index in [2.05, 4.69) is 135 Å². The van der Waals surface area contributed by atoms with Crippen LogP contribution in [0.1, 0.15) is 33.4 Å². The largest absolute Gasteiger partial charge is 0.0617 e. The Hall–Kier alpha value is -3.38. The van der Waals surface area contributed by atoms with Crippen LogP contribution in [0.4, 0.5) is 0 Å². The van der Waals surface area contributed by atoms with Crippen LogP contribution in [0.3, 0.4) is 0 Å². The molecule has 0 radical (unpaired) electrons. The summed E-state index contributed by atoms with van der Waals surface area (Å²) in [7, 11) is 0. The van der Waals surface area contributed by atoms with Crippen molar-refractivity contribution in [2.24, 2.45) is 0 Å². The van der Waals surface area contributed by atoms with Crippen LogP contribution >= 0.6 is 0 Å². The van der Waals surface area contributed by atoms with Crippen molar-refractivity contribution in [1.82, 2.24) is 0 Å². The minimum atomic E-state index is 1.20. The maximum absolute atomic E-state index is 2.14. The van der Waals surface area contributed by atoms with Crippen molar-refractivity contribution in [3.8, 4) is 0 Å². The van der Waals surface area contributed by atoms with Gasteiger partial charge in [0, 0.05) is 0 Å². The summed E-state index contributed by atoms with van der Waals surface area (Å²) in [6.45, 7) is 4.21. The van der Waals surface area contributed by atoms with Crippen LogP contribution in [0.15, 0.2) is 97.1 Å². The summed E-state index contributed by atoms with van der Waals surface area (Å²) in [4.78, 5) is 0. The molecule has 0 heteroatoms. The topological polar surface area (TPSA) is 0 Å². The molecule has 0 bridgehead atoms. The molecule has 28 heavy (non-hydrogen) atoms. The van der Waals surface area contributed by atoms with Gasteiger partial charge in [-0.2, -0.15) is 0 Å². The molecule has 0 nitrogen and oxygen atoms in total.